The maximum absolute atomic E-state index is 12.7. The van der Waals surface area contributed by atoms with Crippen molar-refractivity contribution in [1.82, 2.24) is 5.32 Å². The number of carbonyl (C=O) groups is 1. The third-order valence-corrected chi connectivity index (χ3v) is 4.84. The number of amides is 1. The SMILES string of the molecule is COc1ccc(CCNC(=O)c2ccccc2OCc2ccc(Cl)cc2)cc1OC. The second-order valence-corrected chi connectivity index (χ2v) is 7.04. The summed E-state index contributed by atoms with van der Waals surface area (Å²) in [5.74, 6) is 1.71. The van der Waals surface area contributed by atoms with E-state index >= 15 is 0 Å². The zero-order chi connectivity index (χ0) is 21.3. The fourth-order valence-electron chi connectivity index (χ4n) is 2.97. The highest BCUT2D eigenvalue weighted by Crippen LogP contribution is 2.27. The molecule has 0 radical (unpaired) electrons. The van der Waals surface area contributed by atoms with Gasteiger partial charge in [-0.15, -0.1) is 0 Å². The number of benzene rings is 3. The van der Waals surface area contributed by atoms with Crippen molar-refractivity contribution in [1.29, 1.82) is 0 Å². The molecule has 0 fully saturated rings. The molecule has 0 aliphatic heterocycles. The monoisotopic (exact) mass is 425 g/mol. The van der Waals surface area contributed by atoms with Crippen molar-refractivity contribution in [3.05, 3.63) is 88.4 Å². The van der Waals surface area contributed by atoms with E-state index in [2.05, 4.69) is 5.32 Å². The van der Waals surface area contributed by atoms with Crippen molar-refractivity contribution in [2.75, 3.05) is 20.8 Å². The number of carbonyl (C=O) groups excluding carboxylic acids is 1. The number of ether oxygens (including phenoxy) is 3. The molecule has 0 unspecified atom stereocenters. The second-order valence-electron chi connectivity index (χ2n) is 6.61. The van der Waals surface area contributed by atoms with Gasteiger partial charge < -0.3 is 19.5 Å². The van der Waals surface area contributed by atoms with Gasteiger partial charge in [0, 0.05) is 11.6 Å². The summed E-state index contributed by atoms with van der Waals surface area (Å²) in [5, 5.41) is 3.63. The normalized spacial score (nSPS) is 10.4. The molecule has 0 saturated carbocycles. The summed E-state index contributed by atoms with van der Waals surface area (Å²) in [6.07, 6.45) is 0.667. The molecular formula is C24H24ClNO4. The molecule has 3 rings (SSSR count). The van der Waals surface area contributed by atoms with E-state index in [-0.39, 0.29) is 5.91 Å². The lowest BCUT2D eigenvalue weighted by Gasteiger charge is -2.12. The number of rotatable bonds is 9. The molecule has 0 saturated heterocycles. The van der Waals surface area contributed by atoms with Crippen LogP contribution in [0.15, 0.2) is 66.7 Å². The minimum absolute atomic E-state index is 0.179. The Morgan fingerprint density at radius 1 is 0.867 bits per heavy atom. The first-order chi connectivity index (χ1) is 14.6. The first-order valence-electron chi connectivity index (χ1n) is 9.56. The maximum Gasteiger partial charge on any atom is 0.255 e. The van der Waals surface area contributed by atoms with Gasteiger partial charge in [0.2, 0.25) is 0 Å². The van der Waals surface area contributed by atoms with Gasteiger partial charge in [0.15, 0.2) is 11.5 Å². The van der Waals surface area contributed by atoms with E-state index in [1.54, 1.807) is 26.4 Å². The van der Waals surface area contributed by atoms with Gasteiger partial charge in [0.05, 0.1) is 19.8 Å². The van der Waals surface area contributed by atoms with Crippen molar-refractivity contribution in [3.63, 3.8) is 0 Å². The van der Waals surface area contributed by atoms with E-state index in [1.807, 2.05) is 54.6 Å². The van der Waals surface area contributed by atoms with Crippen LogP contribution in [-0.4, -0.2) is 26.7 Å². The van der Waals surface area contributed by atoms with Crippen LogP contribution >= 0.6 is 11.6 Å². The van der Waals surface area contributed by atoms with Gasteiger partial charge >= 0.3 is 0 Å². The van der Waals surface area contributed by atoms with Gasteiger partial charge in [-0.2, -0.15) is 0 Å². The highest BCUT2D eigenvalue weighted by atomic mass is 35.5. The van der Waals surface area contributed by atoms with Gasteiger partial charge in [-0.1, -0.05) is 41.9 Å². The van der Waals surface area contributed by atoms with Crippen molar-refractivity contribution in [2.24, 2.45) is 0 Å². The second kappa shape index (κ2) is 10.6. The Balaban J connectivity index is 1.58. The number of hydrogen-bond acceptors (Lipinski definition) is 4. The summed E-state index contributed by atoms with van der Waals surface area (Å²) in [6.45, 7) is 0.840. The van der Waals surface area contributed by atoms with Crippen molar-refractivity contribution < 1.29 is 19.0 Å². The minimum Gasteiger partial charge on any atom is -0.493 e. The molecule has 30 heavy (non-hydrogen) atoms. The summed E-state index contributed by atoms with van der Waals surface area (Å²) in [5.41, 5.74) is 2.52. The summed E-state index contributed by atoms with van der Waals surface area (Å²) < 4.78 is 16.4. The Hall–Kier alpha value is -3.18. The molecule has 0 atom stereocenters. The van der Waals surface area contributed by atoms with Crippen molar-refractivity contribution >= 4 is 17.5 Å². The molecule has 0 heterocycles. The lowest BCUT2D eigenvalue weighted by atomic mass is 10.1. The molecule has 156 valence electrons. The first kappa shape index (κ1) is 21.5. The summed E-state index contributed by atoms with van der Waals surface area (Å²) in [6, 6.07) is 20.3. The fourth-order valence-corrected chi connectivity index (χ4v) is 3.10. The zero-order valence-electron chi connectivity index (χ0n) is 17.0. The van der Waals surface area contributed by atoms with E-state index in [9.17, 15) is 4.79 Å². The number of methoxy groups -OCH3 is 2. The molecule has 1 amide bonds. The highest BCUT2D eigenvalue weighted by molar-refractivity contribution is 6.30. The predicted molar refractivity (Wildman–Crippen MR) is 118 cm³/mol. The van der Waals surface area contributed by atoms with Crippen LogP contribution in [0.5, 0.6) is 17.2 Å². The summed E-state index contributed by atoms with van der Waals surface area (Å²) in [7, 11) is 3.20. The molecular weight excluding hydrogens is 402 g/mol. The molecule has 0 aromatic heterocycles. The number of para-hydroxylation sites is 1. The van der Waals surface area contributed by atoms with Gasteiger partial charge in [-0.3, -0.25) is 4.79 Å². The maximum atomic E-state index is 12.7. The first-order valence-corrected chi connectivity index (χ1v) is 9.94. The third kappa shape index (κ3) is 5.67. The van der Waals surface area contributed by atoms with Gasteiger partial charge in [0.1, 0.15) is 12.4 Å². The van der Waals surface area contributed by atoms with E-state index in [0.29, 0.717) is 47.4 Å². The molecule has 3 aromatic carbocycles. The van der Waals surface area contributed by atoms with Crippen LogP contribution in [0.25, 0.3) is 0 Å². The summed E-state index contributed by atoms with van der Waals surface area (Å²) >= 11 is 5.91. The Morgan fingerprint density at radius 2 is 1.57 bits per heavy atom. The van der Waals surface area contributed by atoms with Crippen LogP contribution < -0.4 is 19.5 Å². The smallest absolute Gasteiger partial charge is 0.255 e. The summed E-state index contributed by atoms with van der Waals surface area (Å²) in [4.78, 5) is 12.7. The van der Waals surface area contributed by atoms with Crippen LogP contribution in [0, 0.1) is 0 Å². The minimum atomic E-state index is -0.179. The largest absolute Gasteiger partial charge is 0.493 e. The molecule has 0 bridgehead atoms. The topological polar surface area (TPSA) is 56.8 Å². The average Bonchev–Trinajstić information content (AvgIpc) is 2.78. The molecule has 3 aromatic rings. The van der Waals surface area contributed by atoms with Crippen molar-refractivity contribution in [3.8, 4) is 17.2 Å². The van der Waals surface area contributed by atoms with Crippen LogP contribution in [0.4, 0.5) is 0 Å². The lowest BCUT2D eigenvalue weighted by Crippen LogP contribution is -2.26. The van der Waals surface area contributed by atoms with Crippen LogP contribution in [0.1, 0.15) is 21.5 Å². The van der Waals surface area contributed by atoms with E-state index in [4.69, 9.17) is 25.8 Å². The van der Waals surface area contributed by atoms with E-state index < -0.39 is 0 Å². The fraction of sp³-hybridized carbons (Fsp3) is 0.208. The quantitative estimate of drug-likeness (QED) is 0.529. The number of halogens is 1. The Kier molecular flexibility index (Phi) is 7.57. The van der Waals surface area contributed by atoms with Crippen LogP contribution in [0.2, 0.25) is 5.02 Å². The van der Waals surface area contributed by atoms with Gasteiger partial charge in [-0.05, 0) is 53.9 Å². The Morgan fingerprint density at radius 3 is 2.30 bits per heavy atom. The van der Waals surface area contributed by atoms with Crippen LogP contribution in [-0.2, 0) is 13.0 Å². The average molecular weight is 426 g/mol. The zero-order valence-corrected chi connectivity index (χ0v) is 17.7. The highest BCUT2D eigenvalue weighted by Gasteiger charge is 2.12. The van der Waals surface area contributed by atoms with Gasteiger partial charge in [0.25, 0.3) is 5.91 Å². The molecule has 1 N–H and O–H groups in total. The van der Waals surface area contributed by atoms with E-state index in [0.717, 1.165) is 11.1 Å². The third-order valence-electron chi connectivity index (χ3n) is 4.59. The molecule has 0 aliphatic carbocycles. The molecule has 5 nitrogen and oxygen atoms in total. The lowest BCUT2D eigenvalue weighted by molar-refractivity contribution is 0.0949. The number of hydrogen-bond donors (Lipinski definition) is 1. The molecule has 6 heteroatoms. The van der Waals surface area contributed by atoms with E-state index in [1.165, 1.54) is 0 Å². The van der Waals surface area contributed by atoms with Crippen LogP contribution in [0.3, 0.4) is 0 Å². The molecule has 0 aliphatic rings. The predicted octanol–water partition coefficient (Wildman–Crippen LogP) is 4.91. The number of nitrogens with one attached hydrogen (secondary N) is 1. The Labute approximate surface area is 181 Å². The Bertz CT molecular complexity index is 989. The standard InChI is InChI=1S/C24H24ClNO4/c1-28-22-12-9-17(15-23(22)29-2)13-14-26-24(27)20-5-3-4-6-21(20)30-16-18-7-10-19(25)11-8-18/h3-12,15H,13-14,16H2,1-2H3,(H,26,27). The van der Waals surface area contributed by atoms with Crippen molar-refractivity contribution in [2.45, 2.75) is 13.0 Å². The van der Waals surface area contributed by atoms with Gasteiger partial charge in [-0.25, -0.2) is 0 Å². The molecule has 0 spiro atoms.